The number of furan rings is 1. The van der Waals surface area contributed by atoms with Gasteiger partial charge in [0.15, 0.2) is 22.9 Å². The Morgan fingerprint density at radius 2 is 1.92 bits per heavy atom. The number of benzene rings is 3. The van der Waals surface area contributed by atoms with Crippen molar-refractivity contribution in [3.8, 4) is 5.75 Å². The van der Waals surface area contributed by atoms with Crippen molar-refractivity contribution in [2.75, 3.05) is 12.0 Å². The van der Waals surface area contributed by atoms with Crippen molar-refractivity contribution in [2.24, 2.45) is 0 Å². The molecule has 1 aliphatic rings. The third-order valence-corrected chi connectivity index (χ3v) is 7.16. The van der Waals surface area contributed by atoms with Crippen molar-refractivity contribution in [1.29, 1.82) is 0 Å². The molecule has 0 spiro atoms. The van der Waals surface area contributed by atoms with Crippen molar-refractivity contribution in [3.05, 3.63) is 106 Å². The molecule has 37 heavy (non-hydrogen) atoms. The minimum absolute atomic E-state index is 0.0116. The number of anilines is 1. The first-order valence-corrected chi connectivity index (χ1v) is 12.0. The molecule has 1 aliphatic heterocycles. The standard InChI is InChI=1S/C29H21ClN2O5/c1-15-10-11-17(13-20(15)30)32-25(19-14-31-21-8-4-3-7-18(19)21)24(27(34)29(32)35)26(33)23-12-16-6-5-9-22(36-2)28(16)37-23/h3-14,25,31,34H,1-2H3. The Kier molecular flexibility index (Phi) is 5.31. The summed E-state index contributed by atoms with van der Waals surface area (Å²) in [5.41, 5.74) is 3.11. The van der Waals surface area contributed by atoms with Crippen LogP contribution in [-0.2, 0) is 4.79 Å². The summed E-state index contributed by atoms with van der Waals surface area (Å²) in [6.45, 7) is 1.86. The highest BCUT2D eigenvalue weighted by Gasteiger charge is 2.46. The molecule has 1 unspecified atom stereocenters. The Morgan fingerprint density at radius 3 is 2.70 bits per heavy atom. The maximum absolute atomic E-state index is 13.9. The Labute approximate surface area is 216 Å². The summed E-state index contributed by atoms with van der Waals surface area (Å²) < 4.78 is 11.3. The summed E-state index contributed by atoms with van der Waals surface area (Å²) in [6, 6.07) is 18.7. The number of aryl methyl sites for hydroxylation is 1. The molecule has 3 aromatic carbocycles. The normalized spacial score (nSPS) is 15.8. The first-order chi connectivity index (χ1) is 17.9. The van der Waals surface area contributed by atoms with Crippen LogP contribution in [0.5, 0.6) is 5.75 Å². The SMILES string of the molecule is COc1cccc2cc(C(=O)C3=C(O)C(=O)N(c4ccc(C)c(Cl)c4)C3c3c[nH]c4ccccc34)oc12. The molecule has 0 aliphatic carbocycles. The number of nitrogens with one attached hydrogen (secondary N) is 1. The summed E-state index contributed by atoms with van der Waals surface area (Å²) in [5, 5.41) is 13.1. The van der Waals surface area contributed by atoms with E-state index in [1.165, 1.54) is 12.0 Å². The third kappa shape index (κ3) is 3.50. The van der Waals surface area contributed by atoms with E-state index in [1.54, 1.807) is 48.7 Å². The first kappa shape index (κ1) is 22.9. The highest BCUT2D eigenvalue weighted by Crippen LogP contribution is 2.45. The molecular formula is C29H21ClN2O5. The number of nitrogens with zero attached hydrogens (tertiary/aromatic N) is 1. The van der Waals surface area contributed by atoms with Crippen LogP contribution in [0.1, 0.15) is 27.7 Å². The van der Waals surface area contributed by atoms with Crippen molar-refractivity contribution in [2.45, 2.75) is 13.0 Å². The van der Waals surface area contributed by atoms with Crippen molar-refractivity contribution >= 4 is 50.9 Å². The number of rotatable bonds is 5. The lowest BCUT2D eigenvalue weighted by Crippen LogP contribution is -2.31. The minimum Gasteiger partial charge on any atom is -0.503 e. The van der Waals surface area contributed by atoms with Crippen LogP contribution in [0, 0.1) is 6.92 Å². The molecule has 8 heteroatoms. The van der Waals surface area contributed by atoms with E-state index >= 15 is 0 Å². The lowest BCUT2D eigenvalue weighted by atomic mass is 9.94. The van der Waals surface area contributed by atoms with E-state index in [4.69, 9.17) is 20.8 Å². The Bertz CT molecular complexity index is 1760. The zero-order chi connectivity index (χ0) is 25.8. The number of methoxy groups -OCH3 is 1. The molecule has 0 fully saturated rings. The molecule has 2 aromatic heterocycles. The molecule has 184 valence electrons. The second-order valence-electron chi connectivity index (χ2n) is 8.88. The van der Waals surface area contributed by atoms with Gasteiger partial charge in [-0.3, -0.25) is 14.5 Å². The lowest BCUT2D eigenvalue weighted by Gasteiger charge is -2.26. The third-order valence-electron chi connectivity index (χ3n) is 6.75. The average molecular weight is 513 g/mol. The molecule has 6 rings (SSSR count). The van der Waals surface area contributed by atoms with E-state index < -0.39 is 23.5 Å². The number of fused-ring (bicyclic) bond motifs is 2. The number of hydrogen-bond acceptors (Lipinski definition) is 5. The monoisotopic (exact) mass is 512 g/mol. The van der Waals surface area contributed by atoms with Gasteiger partial charge in [0, 0.05) is 38.8 Å². The number of halogens is 1. The predicted molar refractivity (Wildman–Crippen MR) is 141 cm³/mol. The Morgan fingerprint density at radius 1 is 1.11 bits per heavy atom. The molecule has 5 aromatic rings. The number of aliphatic hydroxyl groups is 1. The lowest BCUT2D eigenvalue weighted by molar-refractivity contribution is -0.117. The van der Waals surface area contributed by atoms with Gasteiger partial charge < -0.3 is 19.2 Å². The van der Waals surface area contributed by atoms with E-state index in [0.717, 1.165) is 16.5 Å². The van der Waals surface area contributed by atoms with Crippen LogP contribution < -0.4 is 9.64 Å². The summed E-state index contributed by atoms with van der Waals surface area (Å²) in [5.74, 6) is -1.47. The highest BCUT2D eigenvalue weighted by atomic mass is 35.5. The number of para-hydroxylation sites is 2. The minimum atomic E-state index is -0.926. The van der Waals surface area contributed by atoms with Gasteiger partial charge in [0.25, 0.3) is 5.91 Å². The number of amides is 1. The number of H-pyrrole nitrogens is 1. The van der Waals surface area contributed by atoms with E-state index in [9.17, 15) is 14.7 Å². The number of carbonyl (C=O) groups excluding carboxylic acids is 2. The van der Waals surface area contributed by atoms with Crippen LogP contribution in [0.3, 0.4) is 0 Å². The topological polar surface area (TPSA) is 95.8 Å². The van der Waals surface area contributed by atoms with Gasteiger partial charge in [-0.05, 0) is 42.8 Å². The van der Waals surface area contributed by atoms with E-state index in [0.29, 0.717) is 33.0 Å². The number of hydrogen-bond donors (Lipinski definition) is 2. The quantitative estimate of drug-likeness (QED) is 0.256. The smallest absolute Gasteiger partial charge is 0.294 e. The van der Waals surface area contributed by atoms with Crippen LogP contribution >= 0.6 is 11.6 Å². The van der Waals surface area contributed by atoms with Gasteiger partial charge in [-0.25, -0.2) is 0 Å². The molecule has 3 heterocycles. The number of Topliss-reactive ketones (excluding diaryl/α,β-unsaturated/α-hetero) is 1. The van der Waals surface area contributed by atoms with Crippen LogP contribution in [0.2, 0.25) is 5.02 Å². The number of aliphatic hydroxyl groups excluding tert-OH is 1. The zero-order valence-electron chi connectivity index (χ0n) is 19.9. The fourth-order valence-corrected chi connectivity index (χ4v) is 5.07. The van der Waals surface area contributed by atoms with Crippen LogP contribution in [0.15, 0.2) is 88.7 Å². The number of aromatic nitrogens is 1. The molecule has 1 atom stereocenters. The second kappa shape index (κ2) is 8.57. The molecule has 1 amide bonds. The van der Waals surface area contributed by atoms with Gasteiger partial charge in [0.1, 0.15) is 0 Å². The summed E-state index contributed by atoms with van der Waals surface area (Å²) in [7, 11) is 1.51. The fraction of sp³-hybridized carbons (Fsp3) is 0.103. The van der Waals surface area contributed by atoms with E-state index in [-0.39, 0.29) is 11.3 Å². The van der Waals surface area contributed by atoms with Crippen molar-refractivity contribution < 1.29 is 23.8 Å². The van der Waals surface area contributed by atoms with Gasteiger partial charge in [0.05, 0.1) is 18.7 Å². The van der Waals surface area contributed by atoms with Gasteiger partial charge in [-0.1, -0.05) is 48.0 Å². The number of ether oxygens (including phenoxy) is 1. The van der Waals surface area contributed by atoms with Crippen LogP contribution in [-0.4, -0.2) is 28.9 Å². The molecule has 7 nitrogen and oxygen atoms in total. The fourth-order valence-electron chi connectivity index (χ4n) is 4.89. The summed E-state index contributed by atoms with van der Waals surface area (Å²) in [6.07, 6.45) is 1.75. The highest BCUT2D eigenvalue weighted by molar-refractivity contribution is 6.32. The average Bonchev–Trinajstić information content (AvgIpc) is 3.60. The molecule has 0 radical (unpaired) electrons. The van der Waals surface area contributed by atoms with Gasteiger partial charge in [-0.15, -0.1) is 0 Å². The maximum atomic E-state index is 13.9. The van der Waals surface area contributed by atoms with Crippen molar-refractivity contribution in [1.82, 2.24) is 4.98 Å². The predicted octanol–water partition coefficient (Wildman–Crippen LogP) is 6.67. The molecule has 0 saturated carbocycles. The summed E-state index contributed by atoms with van der Waals surface area (Å²) in [4.78, 5) is 32.1. The number of carbonyl (C=O) groups is 2. The molecule has 2 N–H and O–H groups in total. The van der Waals surface area contributed by atoms with Crippen LogP contribution in [0.25, 0.3) is 21.9 Å². The Hall–Kier alpha value is -4.49. The van der Waals surface area contributed by atoms with Gasteiger partial charge in [0.2, 0.25) is 5.78 Å². The number of ketones is 1. The molecule has 0 saturated heterocycles. The first-order valence-electron chi connectivity index (χ1n) is 11.6. The number of aromatic amines is 1. The van der Waals surface area contributed by atoms with E-state index in [1.807, 2.05) is 31.2 Å². The van der Waals surface area contributed by atoms with E-state index in [2.05, 4.69) is 4.98 Å². The van der Waals surface area contributed by atoms with Crippen LogP contribution in [0.4, 0.5) is 5.69 Å². The Balaban J connectivity index is 1.55. The van der Waals surface area contributed by atoms with Gasteiger partial charge >= 0.3 is 0 Å². The largest absolute Gasteiger partial charge is 0.503 e. The molecular weight excluding hydrogens is 492 g/mol. The maximum Gasteiger partial charge on any atom is 0.294 e. The zero-order valence-corrected chi connectivity index (χ0v) is 20.7. The van der Waals surface area contributed by atoms with Crippen molar-refractivity contribution in [3.63, 3.8) is 0 Å². The summed E-state index contributed by atoms with van der Waals surface area (Å²) >= 11 is 6.40. The second-order valence-corrected chi connectivity index (χ2v) is 9.29. The molecule has 0 bridgehead atoms. The van der Waals surface area contributed by atoms with Gasteiger partial charge in [-0.2, -0.15) is 0 Å².